The monoisotopic (exact) mass is 279 g/mol. The number of imidazole rings is 1. The van der Waals surface area contributed by atoms with E-state index in [9.17, 15) is 0 Å². The first-order valence-electron chi connectivity index (χ1n) is 6.66. The number of nitrogens with one attached hydrogen (secondary N) is 1. The maximum atomic E-state index is 4.99. The number of aryl methyl sites for hydroxylation is 1. The van der Waals surface area contributed by atoms with Gasteiger partial charge in [0.05, 0.1) is 11.5 Å². The van der Waals surface area contributed by atoms with Crippen molar-refractivity contribution in [1.82, 2.24) is 14.9 Å². The minimum atomic E-state index is 0.782. The third-order valence-electron chi connectivity index (χ3n) is 2.94. The molecule has 1 N–H and O–H groups in total. The number of methoxy groups -OCH3 is 1. The molecule has 0 unspecified atom stereocenters. The van der Waals surface area contributed by atoms with E-state index >= 15 is 0 Å². The number of thiophene rings is 1. The molecular formula is C14H21N3OS. The maximum Gasteiger partial charge on any atom is 0.149 e. The van der Waals surface area contributed by atoms with Crippen molar-refractivity contribution in [2.24, 2.45) is 0 Å². The lowest BCUT2D eigenvalue weighted by molar-refractivity contribution is 0.199. The van der Waals surface area contributed by atoms with Crippen LogP contribution in [0.4, 0.5) is 0 Å². The highest BCUT2D eigenvalue weighted by Crippen LogP contribution is 2.22. The molecule has 0 spiro atoms. The number of nitrogens with zero attached hydrogens (tertiary/aromatic N) is 2. The fraction of sp³-hybridized carbons (Fsp3) is 0.500. The fourth-order valence-corrected chi connectivity index (χ4v) is 2.69. The molecule has 104 valence electrons. The molecule has 0 fully saturated rings. The lowest BCUT2D eigenvalue weighted by atomic mass is 10.3. The minimum absolute atomic E-state index is 0.782. The summed E-state index contributed by atoms with van der Waals surface area (Å²) in [5.74, 6) is 1.09. The number of unbranched alkanes of at least 4 members (excludes halogenated alkanes) is 1. The predicted octanol–water partition coefficient (Wildman–Crippen LogP) is 2.63. The Balaban J connectivity index is 1.71. The zero-order chi connectivity index (χ0) is 13.3. The first-order chi connectivity index (χ1) is 9.42. The number of ether oxygens (including phenoxy) is 1. The molecule has 2 heterocycles. The molecule has 0 radical (unpaired) electrons. The maximum absolute atomic E-state index is 4.99. The summed E-state index contributed by atoms with van der Waals surface area (Å²) in [6, 6.07) is 4.19. The van der Waals surface area contributed by atoms with Crippen LogP contribution in [0.5, 0.6) is 0 Å². The van der Waals surface area contributed by atoms with Gasteiger partial charge in [-0.25, -0.2) is 4.98 Å². The summed E-state index contributed by atoms with van der Waals surface area (Å²) < 4.78 is 7.23. The number of aromatic nitrogens is 2. The molecule has 2 aromatic heterocycles. The van der Waals surface area contributed by atoms with Gasteiger partial charge >= 0.3 is 0 Å². The van der Waals surface area contributed by atoms with Crippen molar-refractivity contribution in [3.05, 3.63) is 29.9 Å². The molecule has 0 amide bonds. The van der Waals surface area contributed by atoms with E-state index in [0.717, 1.165) is 38.5 Å². The number of hydrogen-bond donors (Lipinski definition) is 1. The Hall–Kier alpha value is -1.17. The molecule has 0 bridgehead atoms. The van der Waals surface area contributed by atoms with E-state index in [-0.39, 0.29) is 0 Å². The van der Waals surface area contributed by atoms with Crippen LogP contribution in [-0.2, 0) is 11.3 Å². The van der Waals surface area contributed by atoms with Gasteiger partial charge in [-0.1, -0.05) is 6.07 Å². The number of rotatable bonds is 9. The van der Waals surface area contributed by atoms with E-state index in [1.165, 1.54) is 11.3 Å². The molecule has 0 atom stereocenters. The van der Waals surface area contributed by atoms with E-state index in [4.69, 9.17) is 4.74 Å². The average molecular weight is 279 g/mol. The topological polar surface area (TPSA) is 39.1 Å². The van der Waals surface area contributed by atoms with Crippen LogP contribution in [0.25, 0.3) is 10.7 Å². The van der Waals surface area contributed by atoms with Gasteiger partial charge in [0.2, 0.25) is 0 Å². The minimum Gasteiger partial charge on any atom is -0.383 e. The van der Waals surface area contributed by atoms with E-state index in [2.05, 4.69) is 38.6 Å². The Morgan fingerprint density at radius 1 is 1.37 bits per heavy atom. The molecule has 0 aliphatic rings. The van der Waals surface area contributed by atoms with Gasteiger partial charge in [0, 0.05) is 32.6 Å². The van der Waals surface area contributed by atoms with Gasteiger partial charge in [0.15, 0.2) is 0 Å². The van der Waals surface area contributed by atoms with Crippen molar-refractivity contribution in [1.29, 1.82) is 0 Å². The van der Waals surface area contributed by atoms with Crippen molar-refractivity contribution >= 4 is 11.3 Å². The van der Waals surface area contributed by atoms with Crippen LogP contribution >= 0.6 is 11.3 Å². The zero-order valence-corrected chi connectivity index (χ0v) is 12.2. The third kappa shape index (κ3) is 4.45. The van der Waals surface area contributed by atoms with Gasteiger partial charge in [-0.05, 0) is 30.8 Å². The molecule has 4 nitrogen and oxygen atoms in total. The standard InChI is InChI=1S/C14H21N3OS/c1-18-11-8-15-6-2-3-9-17-10-7-16-14(17)13-5-4-12-19-13/h4-5,7,10,12,15H,2-3,6,8-9,11H2,1H3. The highest BCUT2D eigenvalue weighted by Gasteiger charge is 2.05. The van der Waals surface area contributed by atoms with E-state index < -0.39 is 0 Å². The average Bonchev–Trinajstić information content (AvgIpc) is 3.08. The van der Waals surface area contributed by atoms with Crippen molar-refractivity contribution < 1.29 is 4.74 Å². The van der Waals surface area contributed by atoms with Crippen LogP contribution in [-0.4, -0.2) is 36.4 Å². The smallest absolute Gasteiger partial charge is 0.149 e. The van der Waals surface area contributed by atoms with E-state index in [0.29, 0.717) is 0 Å². The van der Waals surface area contributed by atoms with E-state index in [1.54, 1.807) is 18.4 Å². The molecule has 5 heteroatoms. The van der Waals surface area contributed by atoms with Crippen LogP contribution in [0.1, 0.15) is 12.8 Å². The molecule has 2 aromatic rings. The summed E-state index contributed by atoms with van der Waals surface area (Å²) >= 11 is 1.74. The van der Waals surface area contributed by atoms with Gasteiger partial charge < -0.3 is 14.6 Å². The lowest BCUT2D eigenvalue weighted by Crippen LogP contribution is -2.20. The Kier molecular flexibility index (Phi) is 6.07. The van der Waals surface area contributed by atoms with Gasteiger partial charge in [-0.2, -0.15) is 0 Å². The van der Waals surface area contributed by atoms with Crippen LogP contribution in [0.2, 0.25) is 0 Å². The highest BCUT2D eigenvalue weighted by molar-refractivity contribution is 7.13. The first-order valence-corrected chi connectivity index (χ1v) is 7.54. The van der Waals surface area contributed by atoms with Crippen LogP contribution in [0.15, 0.2) is 29.9 Å². The second-order valence-corrected chi connectivity index (χ2v) is 5.32. The van der Waals surface area contributed by atoms with Crippen LogP contribution in [0, 0.1) is 0 Å². The Morgan fingerprint density at radius 2 is 2.32 bits per heavy atom. The SMILES string of the molecule is COCCNCCCCn1ccnc1-c1cccs1. The summed E-state index contributed by atoms with van der Waals surface area (Å²) in [5.41, 5.74) is 0. The molecule has 0 saturated carbocycles. The van der Waals surface area contributed by atoms with Crippen LogP contribution < -0.4 is 5.32 Å². The van der Waals surface area contributed by atoms with Crippen molar-refractivity contribution in [3.8, 4) is 10.7 Å². The van der Waals surface area contributed by atoms with Crippen molar-refractivity contribution in [2.75, 3.05) is 26.8 Å². The van der Waals surface area contributed by atoms with Gasteiger partial charge in [-0.15, -0.1) is 11.3 Å². The molecule has 0 aromatic carbocycles. The van der Waals surface area contributed by atoms with Crippen molar-refractivity contribution in [3.63, 3.8) is 0 Å². The lowest BCUT2D eigenvalue weighted by Gasteiger charge is -2.07. The summed E-state index contributed by atoms with van der Waals surface area (Å²) in [6.07, 6.45) is 6.28. The molecule has 19 heavy (non-hydrogen) atoms. The van der Waals surface area contributed by atoms with Gasteiger partial charge in [0.25, 0.3) is 0 Å². The van der Waals surface area contributed by atoms with E-state index in [1.807, 2.05) is 6.20 Å². The number of hydrogen-bond acceptors (Lipinski definition) is 4. The fourth-order valence-electron chi connectivity index (χ4n) is 1.95. The predicted molar refractivity (Wildman–Crippen MR) is 79.5 cm³/mol. The quantitative estimate of drug-likeness (QED) is 0.717. The summed E-state index contributed by atoms with van der Waals surface area (Å²) in [4.78, 5) is 5.68. The molecule has 0 aliphatic carbocycles. The second-order valence-electron chi connectivity index (χ2n) is 4.37. The van der Waals surface area contributed by atoms with Crippen molar-refractivity contribution in [2.45, 2.75) is 19.4 Å². The Labute approximate surface area is 118 Å². The van der Waals surface area contributed by atoms with Gasteiger partial charge in [0.1, 0.15) is 5.82 Å². The molecular weight excluding hydrogens is 258 g/mol. The summed E-state index contributed by atoms with van der Waals surface area (Å²) in [7, 11) is 1.73. The molecule has 2 rings (SSSR count). The second kappa shape index (κ2) is 8.09. The van der Waals surface area contributed by atoms with Gasteiger partial charge in [-0.3, -0.25) is 0 Å². The third-order valence-corrected chi connectivity index (χ3v) is 3.81. The summed E-state index contributed by atoms with van der Waals surface area (Å²) in [6.45, 7) is 3.79. The zero-order valence-electron chi connectivity index (χ0n) is 11.3. The first kappa shape index (κ1) is 14.2. The molecule has 0 aliphatic heterocycles. The van der Waals surface area contributed by atoms with Crippen LogP contribution in [0.3, 0.4) is 0 Å². The Bertz CT molecular complexity index is 453. The molecule has 0 saturated heterocycles. The Morgan fingerprint density at radius 3 is 3.11 bits per heavy atom. The normalized spacial score (nSPS) is 11.0. The largest absolute Gasteiger partial charge is 0.383 e. The highest BCUT2D eigenvalue weighted by atomic mass is 32.1. The summed E-state index contributed by atoms with van der Waals surface area (Å²) in [5, 5.41) is 5.45.